The molecule has 0 unspecified atom stereocenters. The van der Waals surface area contributed by atoms with E-state index in [0.717, 1.165) is 24.3 Å². The molecule has 4 rings (SSSR count). The van der Waals surface area contributed by atoms with Gasteiger partial charge >= 0.3 is 0 Å². The zero-order valence-electron chi connectivity index (χ0n) is 15.0. The molecule has 1 aliphatic heterocycles. The van der Waals surface area contributed by atoms with Gasteiger partial charge in [0.15, 0.2) is 0 Å². The number of hydrogen-bond acceptors (Lipinski definition) is 6. The molecule has 1 N–H and O–H groups in total. The summed E-state index contributed by atoms with van der Waals surface area (Å²) >= 11 is 0. The first-order valence-corrected chi connectivity index (χ1v) is 8.76. The summed E-state index contributed by atoms with van der Waals surface area (Å²) in [6.07, 6.45) is 3.23. The van der Waals surface area contributed by atoms with Gasteiger partial charge in [-0.05, 0) is 6.07 Å². The first-order valence-electron chi connectivity index (χ1n) is 8.76. The number of rotatable bonds is 4. The summed E-state index contributed by atoms with van der Waals surface area (Å²) in [6.45, 7) is 2.88. The van der Waals surface area contributed by atoms with E-state index in [1.807, 2.05) is 30.3 Å². The fraction of sp³-hybridized carbons (Fsp3) is 0.263. The van der Waals surface area contributed by atoms with Crippen molar-refractivity contribution in [1.82, 2.24) is 19.7 Å². The summed E-state index contributed by atoms with van der Waals surface area (Å²) in [5.41, 5.74) is 2.72. The second-order valence-electron chi connectivity index (χ2n) is 6.23. The average molecular weight is 364 g/mol. The van der Waals surface area contributed by atoms with E-state index in [1.54, 1.807) is 30.2 Å². The van der Waals surface area contributed by atoms with Crippen LogP contribution in [-0.2, 0) is 11.8 Å². The third-order valence-corrected chi connectivity index (χ3v) is 4.37. The molecule has 138 valence electrons. The number of carbonyl (C=O) groups is 1. The van der Waals surface area contributed by atoms with Crippen molar-refractivity contribution in [3.05, 3.63) is 54.5 Å². The van der Waals surface area contributed by atoms with Crippen LogP contribution >= 0.6 is 0 Å². The molecule has 8 nitrogen and oxygen atoms in total. The monoisotopic (exact) mass is 364 g/mol. The molecule has 0 spiro atoms. The number of nitrogens with one attached hydrogen (secondary N) is 1. The summed E-state index contributed by atoms with van der Waals surface area (Å²) in [6, 6.07) is 11.5. The second kappa shape index (κ2) is 7.55. The molecule has 3 aromatic rings. The first-order chi connectivity index (χ1) is 13.2. The Morgan fingerprint density at radius 2 is 1.81 bits per heavy atom. The third-order valence-electron chi connectivity index (χ3n) is 4.37. The Bertz CT molecular complexity index is 917. The van der Waals surface area contributed by atoms with E-state index < -0.39 is 0 Å². The van der Waals surface area contributed by atoms with Crippen molar-refractivity contribution in [3.63, 3.8) is 0 Å². The molecular formula is C19H20N6O2. The van der Waals surface area contributed by atoms with Gasteiger partial charge in [-0.15, -0.1) is 0 Å². The van der Waals surface area contributed by atoms with Gasteiger partial charge in [-0.2, -0.15) is 5.10 Å². The molecule has 0 bridgehead atoms. The summed E-state index contributed by atoms with van der Waals surface area (Å²) < 4.78 is 6.90. The van der Waals surface area contributed by atoms with Crippen LogP contribution in [0.25, 0.3) is 11.3 Å². The van der Waals surface area contributed by atoms with Crippen LogP contribution < -0.4 is 10.2 Å². The van der Waals surface area contributed by atoms with Gasteiger partial charge in [-0.3, -0.25) is 9.48 Å². The molecule has 3 heterocycles. The summed E-state index contributed by atoms with van der Waals surface area (Å²) in [4.78, 5) is 23.4. The van der Waals surface area contributed by atoms with E-state index in [0.29, 0.717) is 30.5 Å². The molecule has 1 aliphatic rings. The number of ether oxygens (including phenoxy) is 1. The second-order valence-corrected chi connectivity index (χ2v) is 6.23. The molecule has 0 aliphatic carbocycles. The number of morpholine rings is 1. The van der Waals surface area contributed by atoms with E-state index in [9.17, 15) is 4.79 Å². The van der Waals surface area contributed by atoms with Crippen LogP contribution in [0.5, 0.6) is 0 Å². The summed E-state index contributed by atoms with van der Waals surface area (Å²) in [5.74, 6) is 0.387. The molecule has 1 amide bonds. The summed E-state index contributed by atoms with van der Waals surface area (Å²) in [7, 11) is 1.75. The number of nitrogens with zero attached hydrogens (tertiary/aromatic N) is 5. The lowest BCUT2D eigenvalue weighted by Gasteiger charge is -2.26. The van der Waals surface area contributed by atoms with Crippen molar-refractivity contribution in [3.8, 4) is 11.3 Å². The lowest BCUT2D eigenvalue weighted by molar-refractivity contribution is 0.101. The average Bonchev–Trinajstić information content (AvgIpc) is 3.12. The number of carbonyl (C=O) groups excluding carboxylic acids is 1. The Morgan fingerprint density at radius 3 is 2.52 bits per heavy atom. The molecule has 1 saturated heterocycles. The van der Waals surface area contributed by atoms with Crippen LogP contribution in [0.2, 0.25) is 0 Å². The summed E-state index contributed by atoms with van der Waals surface area (Å²) in [5, 5.41) is 7.25. The molecular weight excluding hydrogens is 344 g/mol. The molecule has 0 saturated carbocycles. The van der Waals surface area contributed by atoms with Gasteiger partial charge in [0.05, 0.1) is 37.0 Å². The zero-order chi connectivity index (χ0) is 18.6. The lowest BCUT2D eigenvalue weighted by Crippen LogP contribution is -2.37. The first kappa shape index (κ1) is 17.2. The minimum Gasteiger partial charge on any atom is -0.378 e. The van der Waals surface area contributed by atoms with E-state index in [-0.39, 0.29) is 5.91 Å². The van der Waals surface area contributed by atoms with Crippen molar-refractivity contribution < 1.29 is 9.53 Å². The number of anilines is 2. The molecule has 1 fully saturated rings. The minimum atomic E-state index is -0.255. The Morgan fingerprint density at radius 1 is 1.11 bits per heavy atom. The molecule has 8 heteroatoms. The van der Waals surface area contributed by atoms with Crippen molar-refractivity contribution in [2.24, 2.45) is 7.05 Å². The van der Waals surface area contributed by atoms with Crippen LogP contribution in [-0.4, -0.2) is 52.0 Å². The van der Waals surface area contributed by atoms with E-state index >= 15 is 0 Å². The zero-order valence-corrected chi connectivity index (χ0v) is 15.0. The number of benzene rings is 1. The highest BCUT2D eigenvalue weighted by atomic mass is 16.5. The van der Waals surface area contributed by atoms with Crippen LogP contribution in [0, 0.1) is 0 Å². The van der Waals surface area contributed by atoms with E-state index in [4.69, 9.17) is 4.74 Å². The maximum atomic E-state index is 12.6. The predicted molar refractivity (Wildman–Crippen MR) is 102 cm³/mol. The fourth-order valence-electron chi connectivity index (χ4n) is 2.94. The van der Waals surface area contributed by atoms with Crippen LogP contribution in [0.1, 0.15) is 10.5 Å². The maximum absolute atomic E-state index is 12.6. The van der Waals surface area contributed by atoms with Crippen LogP contribution in [0.15, 0.2) is 48.8 Å². The molecule has 0 radical (unpaired) electrons. The largest absolute Gasteiger partial charge is 0.378 e. The van der Waals surface area contributed by atoms with Crippen molar-refractivity contribution in [2.75, 3.05) is 36.5 Å². The van der Waals surface area contributed by atoms with Crippen LogP contribution in [0.3, 0.4) is 0 Å². The molecule has 2 aromatic heterocycles. The maximum Gasteiger partial charge on any atom is 0.274 e. The van der Waals surface area contributed by atoms with Gasteiger partial charge < -0.3 is 15.0 Å². The quantitative estimate of drug-likeness (QED) is 0.762. The number of aromatic nitrogens is 4. The van der Waals surface area contributed by atoms with Crippen molar-refractivity contribution >= 4 is 17.5 Å². The van der Waals surface area contributed by atoms with Gasteiger partial charge in [0.25, 0.3) is 5.91 Å². The molecule has 27 heavy (non-hydrogen) atoms. The van der Waals surface area contributed by atoms with Gasteiger partial charge in [0, 0.05) is 25.7 Å². The van der Waals surface area contributed by atoms with Gasteiger partial charge in [-0.25, -0.2) is 9.97 Å². The van der Waals surface area contributed by atoms with Crippen molar-refractivity contribution in [2.45, 2.75) is 0 Å². The normalized spacial score (nSPS) is 14.2. The lowest BCUT2D eigenvalue weighted by atomic mass is 10.1. The molecule has 0 atom stereocenters. The fourth-order valence-corrected chi connectivity index (χ4v) is 2.94. The highest BCUT2D eigenvalue weighted by molar-refractivity contribution is 6.03. The van der Waals surface area contributed by atoms with Gasteiger partial charge in [0.1, 0.15) is 5.69 Å². The number of amides is 1. The van der Waals surface area contributed by atoms with Crippen molar-refractivity contribution in [1.29, 1.82) is 0 Å². The Balaban J connectivity index is 1.47. The Kier molecular flexibility index (Phi) is 4.80. The molecule has 1 aromatic carbocycles. The minimum absolute atomic E-state index is 0.255. The van der Waals surface area contributed by atoms with E-state index in [2.05, 4.69) is 25.3 Å². The SMILES string of the molecule is Cn1nc(-c2ccccc2)cc1C(=O)Nc1cnc(N2CCOCC2)nc1. The Labute approximate surface area is 156 Å². The highest BCUT2D eigenvalue weighted by Crippen LogP contribution is 2.19. The topological polar surface area (TPSA) is 85.2 Å². The van der Waals surface area contributed by atoms with E-state index in [1.165, 1.54) is 0 Å². The number of hydrogen-bond donors (Lipinski definition) is 1. The number of aryl methyl sites for hydroxylation is 1. The van der Waals surface area contributed by atoms with Gasteiger partial charge in [-0.1, -0.05) is 30.3 Å². The highest BCUT2D eigenvalue weighted by Gasteiger charge is 2.16. The third kappa shape index (κ3) is 3.80. The van der Waals surface area contributed by atoms with Crippen LogP contribution in [0.4, 0.5) is 11.6 Å². The smallest absolute Gasteiger partial charge is 0.274 e. The predicted octanol–water partition coefficient (Wildman–Crippen LogP) is 1.97. The standard InChI is InChI=1S/C19H20N6O2/c1-24-17(11-16(23-24)14-5-3-2-4-6-14)18(26)22-15-12-20-19(21-13-15)25-7-9-27-10-8-25/h2-6,11-13H,7-10H2,1H3,(H,22,26). The van der Waals surface area contributed by atoms with Gasteiger partial charge in [0.2, 0.25) is 5.95 Å². The Hall–Kier alpha value is -3.26.